The van der Waals surface area contributed by atoms with E-state index in [1.807, 2.05) is 0 Å². The lowest BCUT2D eigenvalue weighted by Crippen LogP contribution is -2.14. The molecule has 1 heterocycles. The van der Waals surface area contributed by atoms with Crippen LogP contribution in [0.15, 0.2) is 146 Å². The highest BCUT2D eigenvalue weighted by molar-refractivity contribution is 6.12. The molecule has 1 aliphatic rings. The third-order valence-corrected chi connectivity index (χ3v) is 9.67. The second-order valence-corrected chi connectivity index (χ2v) is 12.5. The number of hydrogen-bond acceptors (Lipinski definition) is 2. The van der Waals surface area contributed by atoms with E-state index < -0.39 is 0 Å². The van der Waals surface area contributed by atoms with Gasteiger partial charge in [0.25, 0.3) is 0 Å². The Kier molecular flexibility index (Phi) is 5.58. The van der Waals surface area contributed by atoms with Crippen molar-refractivity contribution in [3.63, 3.8) is 0 Å². The van der Waals surface area contributed by atoms with Crippen LogP contribution in [0.1, 0.15) is 25.0 Å². The molecule has 0 aliphatic heterocycles. The molecule has 2 heteroatoms. The van der Waals surface area contributed by atoms with E-state index in [4.69, 9.17) is 9.97 Å². The zero-order valence-electron chi connectivity index (χ0n) is 25.3. The molecule has 0 fully saturated rings. The van der Waals surface area contributed by atoms with Crippen LogP contribution in [-0.4, -0.2) is 9.97 Å². The molecule has 7 aromatic carbocycles. The number of hydrogen-bond donors (Lipinski definition) is 0. The van der Waals surface area contributed by atoms with Gasteiger partial charge in [0.1, 0.15) is 0 Å². The van der Waals surface area contributed by atoms with Crippen molar-refractivity contribution in [3.05, 3.63) is 157 Å². The first-order chi connectivity index (χ1) is 22.1. The highest BCUT2D eigenvalue weighted by Gasteiger charge is 2.36. The lowest BCUT2D eigenvalue weighted by Gasteiger charge is -2.22. The van der Waals surface area contributed by atoms with E-state index >= 15 is 0 Å². The van der Waals surface area contributed by atoms with Crippen LogP contribution in [0.25, 0.3) is 77.3 Å². The Bertz CT molecular complexity index is 2450. The minimum atomic E-state index is -0.0696. The molecule has 2 nitrogen and oxygen atoms in total. The molecular formula is C43H30N2. The Hall–Kier alpha value is -5.60. The van der Waals surface area contributed by atoms with Crippen molar-refractivity contribution in [2.24, 2.45) is 0 Å². The molecule has 212 valence electrons. The smallest absolute Gasteiger partial charge is 0.0979 e. The maximum atomic E-state index is 5.41. The molecule has 8 aromatic rings. The van der Waals surface area contributed by atoms with E-state index in [1.54, 1.807) is 0 Å². The molecule has 0 spiro atoms. The number of rotatable bonds is 3. The van der Waals surface area contributed by atoms with E-state index in [9.17, 15) is 0 Å². The van der Waals surface area contributed by atoms with Crippen molar-refractivity contribution in [1.29, 1.82) is 0 Å². The van der Waals surface area contributed by atoms with Gasteiger partial charge in [-0.3, -0.25) is 0 Å². The molecule has 0 N–H and O–H groups in total. The SMILES string of the molecule is CC1(C)c2ccccc2-c2c1ccc1cccc(-c3ccccc3-c3nc4ccc5ccccc5c4nc3-c3ccccc3)c21. The van der Waals surface area contributed by atoms with Crippen LogP contribution in [0.4, 0.5) is 0 Å². The van der Waals surface area contributed by atoms with Gasteiger partial charge in [0.2, 0.25) is 0 Å². The van der Waals surface area contributed by atoms with Gasteiger partial charge in [0.15, 0.2) is 0 Å². The standard InChI is InChI=1S/C43H30N2/c1-43(2)35-22-11-10-20-34(35)39-36(43)25-23-28-16-12-21-32(38(28)39)31-18-8-9-19-33(31)42-40(29-14-4-3-5-15-29)45-41-30-17-7-6-13-27(30)24-26-37(41)44-42/h3-26H,1-2H3. The predicted molar refractivity (Wildman–Crippen MR) is 188 cm³/mol. The van der Waals surface area contributed by atoms with Gasteiger partial charge in [0.05, 0.1) is 22.4 Å². The van der Waals surface area contributed by atoms with Crippen molar-refractivity contribution in [3.8, 4) is 44.8 Å². The first-order valence-electron chi connectivity index (χ1n) is 15.6. The fraction of sp³-hybridized carbons (Fsp3) is 0.0698. The Morgan fingerprint density at radius 2 is 1.11 bits per heavy atom. The number of fused-ring (bicyclic) bond motifs is 8. The molecule has 0 bridgehead atoms. The second kappa shape index (κ2) is 9.70. The largest absolute Gasteiger partial charge is 0.244 e. The molecular weight excluding hydrogens is 544 g/mol. The van der Waals surface area contributed by atoms with Gasteiger partial charge in [-0.05, 0) is 55.6 Å². The van der Waals surface area contributed by atoms with Gasteiger partial charge in [-0.2, -0.15) is 0 Å². The van der Waals surface area contributed by atoms with Gasteiger partial charge in [0, 0.05) is 21.9 Å². The topological polar surface area (TPSA) is 25.8 Å². The van der Waals surface area contributed by atoms with E-state index in [0.29, 0.717) is 0 Å². The summed E-state index contributed by atoms with van der Waals surface area (Å²) in [6, 6.07) is 52.1. The normalized spacial score (nSPS) is 13.3. The van der Waals surface area contributed by atoms with Crippen LogP contribution < -0.4 is 0 Å². The third-order valence-electron chi connectivity index (χ3n) is 9.67. The number of aromatic nitrogens is 2. The molecule has 1 aliphatic carbocycles. The van der Waals surface area contributed by atoms with Gasteiger partial charge >= 0.3 is 0 Å². The fourth-order valence-electron chi connectivity index (χ4n) is 7.49. The van der Waals surface area contributed by atoms with Gasteiger partial charge in [-0.25, -0.2) is 9.97 Å². The Morgan fingerprint density at radius 3 is 1.98 bits per heavy atom. The second-order valence-electron chi connectivity index (χ2n) is 12.5. The van der Waals surface area contributed by atoms with E-state index in [0.717, 1.165) is 44.5 Å². The predicted octanol–water partition coefficient (Wildman–Crippen LogP) is 11.2. The lowest BCUT2D eigenvalue weighted by atomic mass is 9.81. The highest BCUT2D eigenvalue weighted by atomic mass is 14.8. The quantitative estimate of drug-likeness (QED) is 0.196. The molecule has 1 aromatic heterocycles. The Morgan fingerprint density at radius 1 is 0.444 bits per heavy atom. The summed E-state index contributed by atoms with van der Waals surface area (Å²) in [6.07, 6.45) is 0. The van der Waals surface area contributed by atoms with Crippen LogP contribution in [-0.2, 0) is 5.41 Å². The van der Waals surface area contributed by atoms with Crippen LogP contribution in [0, 0.1) is 0 Å². The highest BCUT2D eigenvalue weighted by Crippen LogP contribution is 2.53. The van der Waals surface area contributed by atoms with Crippen molar-refractivity contribution in [2.75, 3.05) is 0 Å². The average Bonchev–Trinajstić information content (AvgIpc) is 3.34. The molecule has 0 saturated heterocycles. The van der Waals surface area contributed by atoms with Crippen LogP contribution >= 0.6 is 0 Å². The molecule has 0 atom stereocenters. The summed E-state index contributed by atoms with van der Waals surface area (Å²) in [6.45, 7) is 4.70. The monoisotopic (exact) mass is 574 g/mol. The van der Waals surface area contributed by atoms with Crippen molar-refractivity contribution in [1.82, 2.24) is 9.97 Å². The maximum absolute atomic E-state index is 5.41. The summed E-state index contributed by atoms with van der Waals surface area (Å²) in [5.41, 5.74) is 13.5. The van der Waals surface area contributed by atoms with Crippen molar-refractivity contribution >= 4 is 32.6 Å². The lowest BCUT2D eigenvalue weighted by molar-refractivity contribution is 0.661. The van der Waals surface area contributed by atoms with Crippen molar-refractivity contribution < 1.29 is 0 Å². The van der Waals surface area contributed by atoms with Crippen LogP contribution in [0.3, 0.4) is 0 Å². The minimum absolute atomic E-state index is 0.0696. The van der Waals surface area contributed by atoms with Crippen LogP contribution in [0.2, 0.25) is 0 Å². The summed E-state index contributed by atoms with van der Waals surface area (Å²) in [5, 5.41) is 4.82. The average molecular weight is 575 g/mol. The zero-order chi connectivity index (χ0) is 30.1. The first kappa shape index (κ1) is 25.9. The summed E-state index contributed by atoms with van der Waals surface area (Å²) in [4.78, 5) is 10.8. The summed E-state index contributed by atoms with van der Waals surface area (Å²) in [5.74, 6) is 0. The van der Waals surface area contributed by atoms with Gasteiger partial charge < -0.3 is 0 Å². The molecule has 0 saturated carbocycles. The molecule has 0 radical (unpaired) electrons. The zero-order valence-corrected chi connectivity index (χ0v) is 25.3. The van der Waals surface area contributed by atoms with Gasteiger partial charge in [-0.1, -0.05) is 153 Å². The van der Waals surface area contributed by atoms with Crippen molar-refractivity contribution in [2.45, 2.75) is 19.3 Å². The van der Waals surface area contributed by atoms with Crippen LogP contribution in [0.5, 0.6) is 0 Å². The van der Waals surface area contributed by atoms with E-state index in [-0.39, 0.29) is 5.41 Å². The third kappa shape index (κ3) is 3.82. The summed E-state index contributed by atoms with van der Waals surface area (Å²) >= 11 is 0. The summed E-state index contributed by atoms with van der Waals surface area (Å²) < 4.78 is 0. The summed E-state index contributed by atoms with van der Waals surface area (Å²) in [7, 11) is 0. The minimum Gasteiger partial charge on any atom is -0.244 e. The van der Waals surface area contributed by atoms with E-state index in [2.05, 4.69) is 159 Å². The fourth-order valence-corrected chi connectivity index (χ4v) is 7.49. The molecule has 9 rings (SSSR count). The molecule has 0 unspecified atom stereocenters. The van der Waals surface area contributed by atoms with E-state index in [1.165, 1.54) is 44.0 Å². The Balaban J connectivity index is 1.37. The maximum Gasteiger partial charge on any atom is 0.0979 e. The van der Waals surface area contributed by atoms with Gasteiger partial charge in [-0.15, -0.1) is 0 Å². The first-order valence-corrected chi connectivity index (χ1v) is 15.6. The number of nitrogens with zero attached hydrogens (tertiary/aromatic N) is 2. The molecule has 0 amide bonds. The molecule has 45 heavy (non-hydrogen) atoms. The number of benzene rings is 7. The Labute approximate surface area is 262 Å².